The summed E-state index contributed by atoms with van der Waals surface area (Å²) in [6.07, 6.45) is 3.10. The minimum atomic E-state index is -1.22. The first-order valence-corrected chi connectivity index (χ1v) is 10.3. The number of carboxylic acids is 1. The molecule has 4 aromatic rings. The highest BCUT2D eigenvalue weighted by molar-refractivity contribution is 9.10. The summed E-state index contributed by atoms with van der Waals surface area (Å²) in [7, 11) is 0. The summed E-state index contributed by atoms with van der Waals surface area (Å²) in [4.78, 5) is 46.2. The van der Waals surface area contributed by atoms with Gasteiger partial charge in [-0.3, -0.25) is 19.1 Å². The molecule has 0 bridgehead atoms. The van der Waals surface area contributed by atoms with Crippen LogP contribution in [0.1, 0.15) is 10.4 Å². The summed E-state index contributed by atoms with van der Waals surface area (Å²) >= 11 is 4.43. The predicted molar refractivity (Wildman–Crippen MR) is 117 cm³/mol. The Labute approximate surface area is 182 Å². The van der Waals surface area contributed by atoms with Gasteiger partial charge in [-0.25, -0.2) is 9.78 Å². The maximum atomic E-state index is 13.2. The minimum Gasteiger partial charge on any atom is -0.478 e. The van der Waals surface area contributed by atoms with Crippen molar-refractivity contribution in [1.82, 2.24) is 14.5 Å². The van der Waals surface area contributed by atoms with Crippen LogP contribution in [0.4, 0.5) is 5.69 Å². The van der Waals surface area contributed by atoms with E-state index in [4.69, 9.17) is 0 Å². The van der Waals surface area contributed by atoms with Crippen molar-refractivity contribution in [2.75, 3.05) is 5.32 Å². The van der Waals surface area contributed by atoms with E-state index in [1.807, 2.05) is 6.07 Å². The van der Waals surface area contributed by atoms with Crippen LogP contribution in [0.2, 0.25) is 0 Å². The highest BCUT2D eigenvalue weighted by Gasteiger charge is 2.21. The van der Waals surface area contributed by atoms with Gasteiger partial charge in [-0.15, -0.1) is 11.3 Å². The zero-order chi connectivity index (χ0) is 21.3. The number of carboxylic acid groups (broad SMARTS) is 1. The Morgan fingerprint density at radius 3 is 2.60 bits per heavy atom. The van der Waals surface area contributed by atoms with Crippen LogP contribution < -0.4 is 10.9 Å². The second-order valence-corrected chi connectivity index (χ2v) is 7.94. The molecule has 4 rings (SSSR count). The molecule has 0 spiro atoms. The minimum absolute atomic E-state index is 0.0148. The summed E-state index contributed by atoms with van der Waals surface area (Å²) in [6.45, 7) is -0.338. The number of hydrogen-bond donors (Lipinski definition) is 2. The van der Waals surface area contributed by atoms with Gasteiger partial charge in [0.1, 0.15) is 17.2 Å². The standard InChI is InChI=1S/C20H13BrN4O4S/c21-13-3-1-2-4-14(13)23-15(26)9-25-17(11-5-7-22-8-6-11)24-18-16(19(25)27)12(10-30-18)20(28)29/h1-8,10H,9H2,(H,23,26)(H,28,29). The van der Waals surface area contributed by atoms with Crippen LogP contribution in [-0.2, 0) is 11.3 Å². The van der Waals surface area contributed by atoms with Crippen LogP contribution in [0.5, 0.6) is 0 Å². The van der Waals surface area contributed by atoms with Crippen molar-refractivity contribution in [2.45, 2.75) is 6.54 Å². The Hall–Kier alpha value is -3.37. The molecule has 2 N–H and O–H groups in total. The number of carbonyl (C=O) groups excluding carboxylic acids is 1. The summed E-state index contributed by atoms with van der Waals surface area (Å²) in [5.41, 5.74) is 0.418. The number of nitrogens with one attached hydrogen (secondary N) is 1. The quantitative estimate of drug-likeness (QED) is 0.447. The molecule has 0 aliphatic heterocycles. The van der Waals surface area contributed by atoms with Crippen molar-refractivity contribution in [1.29, 1.82) is 0 Å². The van der Waals surface area contributed by atoms with Gasteiger partial charge in [0.05, 0.1) is 16.6 Å². The fraction of sp³-hybridized carbons (Fsp3) is 0.0500. The Balaban J connectivity index is 1.83. The first-order chi connectivity index (χ1) is 14.5. The highest BCUT2D eigenvalue weighted by Crippen LogP contribution is 2.26. The number of aromatic nitrogens is 3. The van der Waals surface area contributed by atoms with E-state index >= 15 is 0 Å². The molecule has 30 heavy (non-hydrogen) atoms. The van der Waals surface area contributed by atoms with Crippen molar-refractivity contribution in [2.24, 2.45) is 0 Å². The molecule has 150 valence electrons. The van der Waals surface area contributed by atoms with Crippen LogP contribution >= 0.6 is 27.3 Å². The normalized spacial score (nSPS) is 10.8. The van der Waals surface area contributed by atoms with Gasteiger partial charge in [-0.2, -0.15) is 0 Å². The molecule has 8 nitrogen and oxygen atoms in total. The zero-order valence-electron chi connectivity index (χ0n) is 15.2. The van der Waals surface area contributed by atoms with E-state index in [9.17, 15) is 19.5 Å². The molecule has 3 heterocycles. The molecule has 1 amide bonds. The molecular formula is C20H13BrN4O4S. The number of fused-ring (bicyclic) bond motifs is 1. The van der Waals surface area contributed by atoms with Gasteiger partial charge in [-0.1, -0.05) is 12.1 Å². The van der Waals surface area contributed by atoms with Crippen molar-refractivity contribution in [3.05, 3.63) is 74.6 Å². The number of rotatable bonds is 5. The van der Waals surface area contributed by atoms with Gasteiger partial charge in [0.15, 0.2) is 0 Å². The Morgan fingerprint density at radius 2 is 1.90 bits per heavy atom. The first-order valence-electron chi connectivity index (χ1n) is 8.66. The molecule has 3 aromatic heterocycles. The number of pyridine rings is 1. The molecule has 0 aliphatic rings. The fourth-order valence-electron chi connectivity index (χ4n) is 2.95. The molecule has 0 radical (unpaired) electrons. The number of aromatic carboxylic acids is 1. The third-order valence-corrected chi connectivity index (χ3v) is 5.88. The number of hydrogen-bond acceptors (Lipinski definition) is 6. The van der Waals surface area contributed by atoms with E-state index in [0.29, 0.717) is 20.6 Å². The summed E-state index contributed by atoms with van der Waals surface area (Å²) in [5.74, 6) is -1.41. The van der Waals surface area contributed by atoms with Gasteiger partial charge in [0.25, 0.3) is 5.56 Å². The van der Waals surface area contributed by atoms with E-state index in [2.05, 4.69) is 31.2 Å². The molecule has 0 saturated carbocycles. The first kappa shape index (κ1) is 19.9. The molecule has 0 aliphatic carbocycles. The monoisotopic (exact) mass is 484 g/mol. The van der Waals surface area contributed by atoms with E-state index in [-0.39, 0.29) is 23.3 Å². The number of halogens is 1. The number of nitrogens with zero attached hydrogens (tertiary/aromatic N) is 3. The maximum absolute atomic E-state index is 13.2. The molecule has 1 aromatic carbocycles. The third-order valence-electron chi connectivity index (χ3n) is 4.31. The van der Waals surface area contributed by atoms with Gasteiger partial charge in [-0.05, 0) is 40.2 Å². The number of anilines is 1. The van der Waals surface area contributed by atoms with Gasteiger partial charge in [0.2, 0.25) is 5.91 Å². The van der Waals surface area contributed by atoms with E-state index in [1.54, 1.807) is 42.7 Å². The average Bonchev–Trinajstić information content (AvgIpc) is 3.17. The van der Waals surface area contributed by atoms with Gasteiger partial charge in [0, 0.05) is 27.8 Å². The third kappa shape index (κ3) is 3.74. The second-order valence-electron chi connectivity index (χ2n) is 6.23. The summed E-state index contributed by atoms with van der Waals surface area (Å²) in [5, 5.41) is 13.5. The Kier molecular flexibility index (Phi) is 5.42. The summed E-state index contributed by atoms with van der Waals surface area (Å²) in [6, 6.07) is 10.4. The highest BCUT2D eigenvalue weighted by atomic mass is 79.9. The Bertz CT molecular complexity index is 1330. The van der Waals surface area contributed by atoms with Gasteiger partial charge < -0.3 is 10.4 Å². The van der Waals surface area contributed by atoms with Crippen LogP contribution in [0.3, 0.4) is 0 Å². The van der Waals surface area contributed by atoms with Crippen LogP contribution in [0, 0.1) is 0 Å². The number of thiophene rings is 1. The molecule has 0 saturated heterocycles. The zero-order valence-corrected chi connectivity index (χ0v) is 17.6. The van der Waals surface area contributed by atoms with Crippen molar-refractivity contribution in [3.8, 4) is 11.4 Å². The van der Waals surface area contributed by atoms with Gasteiger partial charge >= 0.3 is 5.97 Å². The average molecular weight is 485 g/mol. The smallest absolute Gasteiger partial charge is 0.337 e. The van der Waals surface area contributed by atoms with Crippen molar-refractivity contribution >= 4 is 55.0 Å². The lowest BCUT2D eigenvalue weighted by Crippen LogP contribution is -2.30. The molecule has 0 unspecified atom stereocenters. The molecule has 10 heteroatoms. The molecular weight excluding hydrogens is 472 g/mol. The van der Waals surface area contributed by atoms with Crippen LogP contribution in [0.15, 0.2) is 63.4 Å². The second kappa shape index (κ2) is 8.17. The van der Waals surface area contributed by atoms with E-state index < -0.39 is 17.4 Å². The number of para-hydroxylation sites is 1. The lowest BCUT2D eigenvalue weighted by atomic mass is 10.2. The lowest BCUT2D eigenvalue weighted by molar-refractivity contribution is -0.116. The lowest BCUT2D eigenvalue weighted by Gasteiger charge is -2.13. The topological polar surface area (TPSA) is 114 Å². The van der Waals surface area contributed by atoms with Crippen molar-refractivity contribution < 1.29 is 14.7 Å². The SMILES string of the molecule is O=C(Cn1c(-c2ccncc2)nc2scc(C(=O)O)c2c1=O)Nc1ccccc1Br. The molecule has 0 fully saturated rings. The van der Waals surface area contributed by atoms with Crippen LogP contribution in [0.25, 0.3) is 21.6 Å². The van der Waals surface area contributed by atoms with Crippen LogP contribution in [-0.4, -0.2) is 31.5 Å². The van der Waals surface area contributed by atoms with E-state index in [1.165, 1.54) is 9.95 Å². The Morgan fingerprint density at radius 1 is 1.17 bits per heavy atom. The maximum Gasteiger partial charge on any atom is 0.337 e. The largest absolute Gasteiger partial charge is 0.478 e. The fourth-order valence-corrected chi connectivity index (χ4v) is 4.23. The number of benzene rings is 1. The predicted octanol–water partition coefficient (Wildman–Crippen LogP) is 3.62. The molecule has 0 atom stereocenters. The van der Waals surface area contributed by atoms with E-state index in [0.717, 1.165) is 11.3 Å². The number of amides is 1. The summed E-state index contributed by atoms with van der Waals surface area (Å²) < 4.78 is 1.88. The van der Waals surface area contributed by atoms with Crippen molar-refractivity contribution in [3.63, 3.8) is 0 Å². The number of carbonyl (C=O) groups is 2.